The van der Waals surface area contributed by atoms with Crippen molar-refractivity contribution >= 4 is 10.4 Å². The van der Waals surface area contributed by atoms with Crippen LogP contribution in [0.1, 0.15) is 71.6 Å². The van der Waals surface area contributed by atoms with Gasteiger partial charge < -0.3 is 5.11 Å². The molecule has 0 spiro atoms. The van der Waals surface area contributed by atoms with Gasteiger partial charge in [0.1, 0.15) is 0 Å². The average molecular weight is 373 g/mol. The summed E-state index contributed by atoms with van der Waals surface area (Å²) < 4.78 is 36.8. The van der Waals surface area contributed by atoms with Crippen molar-refractivity contribution in [2.75, 3.05) is 0 Å². The first-order valence-electron chi connectivity index (χ1n) is 9.97. The SMILES string of the molecule is C[C@]12CC[C@H](O)C[C@@H]1CC[C@@H]1[C@@H]2CC[C@]2(C)[C@@H](OS(=O)(=O)O)CC[C@@H]12. The Balaban J connectivity index is 1.58. The third-order valence-electron chi connectivity index (χ3n) is 8.79. The van der Waals surface area contributed by atoms with E-state index in [0.717, 1.165) is 44.9 Å². The molecular weight excluding hydrogens is 340 g/mol. The van der Waals surface area contributed by atoms with Gasteiger partial charge in [-0.05, 0) is 92.3 Å². The van der Waals surface area contributed by atoms with Gasteiger partial charge >= 0.3 is 10.4 Å². The third kappa shape index (κ3) is 2.88. The molecule has 0 bridgehead atoms. The Hall–Kier alpha value is -0.170. The van der Waals surface area contributed by atoms with Crippen LogP contribution in [0.2, 0.25) is 0 Å². The second-order valence-electron chi connectivity index (χ2n) is 9.72. The Labute approximate surface area is 151 Å². The van der Waals surface area contributed by atoms with Gasteiger partial charge in [0, 0.05) is 0 Å². The molecule has 0 heterocycles. The first-order valence-corrected chi connectivity index (χ1v) is 11.3. The highest BCUT2D eigenvalue weighted by Crippen LogP contribution is 2.66. The molecule has 0 unspecified atom stereocenters. The van der Waals surface area contributed by atoms with Crippen molar-refractivity contribution in [1.82, 2.24) is 0 Å². The molecule has 4 aliphatic carbocycles. The molecule has 0 saturated heterocycles. The summed E-state index contributed by atoms with van der Waals surface area (Å²) in [5, 5.41) is 10.1. The van der Waals surface area contributed by atoms with Crippen molar-refractivity contribution in [3.05, 3.63) is 0 Å². The summed E-state index contributed by atoms with van der Waals surface area (Å²) in [5.74, 6) is 2.43. The topological polar surface area (TPSA) is 83.8 Å². The summed E-state index contributed by atoms with van der Waals surface area (Å²) in [4.78, 5) is 0. The summed E-state index contributed by atoms with van der Waals surface area (Å²) in [6.07, 6.45) is 8.69. The zero-order valence-corrected chi connectivity index (χ0v) is 16.2. The normalized spacial score (nSPS) is 53.0. The molecule has 0 aromatic carbocycles. The van der Waals surface area contributed by atoms with Gasteiger partial charge in [-0.15, -0.1) is 0 Å². The van der Waals surface area contributed by atoms with E-state index < -0.39 is 10.4 Å². The van der Waals surface area contributed by atoms with Crippen LogP contribution in [0.4, 0.5) is 0 Å². The molecule has 0 amide bonds. The molecule has 0 aromatic heterocycles. The average Bonchev–Trinajstić information content (AvgIpc) is 2.83. The zero-order chi connectivity index (χ0) is 18.0. The van der Waals surface area contributed by atoms with Crippen LogP contribution in [-0.2, 0) is 14.6 Å². The molecule has 2 N–H and O–H groups in total. The number of aliphatic hydroxyl groups excluding tert-OH is 1. The van der Waals surface area contributed by atoms with E-state index in [2.05, 4.69) is 13.8 Å². The number of aliphatic hydroxyl groups is 1. The van der Waals surface area contributed by atoms with Gasteiger partial charge in [0.05, 0.1) is 12.2 Å². The van der Waals surface area contributed by atoms with Crippen LogP contribution in [0.25, 0.3) is 0 Å². The maximum Gasteiger partial charge on any atom is 0.397 e. The molecule has 4 aliphatic rings. The van der Waals surface area contributed by atoms with Crippen molar-refractivity contribution in [2.24, 2.45) is 34.5 Å². The molecule has 0 radical (unpaired) electrons. The zero-order valence-electron chi connectivity index (χ0n) is 15.4. The molecule has 4 saturated carbocycles. The van der Waals surface area contributed by atoms with E-state index in [1.54, 1.807) is 0 Å². The Morgan fingerprint density at radius 3 is 2.32 bits per heavy atom. The first-order chi connectivity index (χ1) is 11.6. The van der Waals surface area contributed by atoms with E-state index in [0.29, 0.717) is 29.1 Å². The second kappa shape index (κ2) is 5.91. The minimum atomic E-state index is -4.39. The predicted molar refractivity (Wildman–Crippen MR) is 94.2 cm³/mol. The van der Waals surface area contributed by atoms with Crippen molar-refractivity contribution < 1.29 is 22.3 Å². The van der Waals surface area contributed by atoms with Gasteiger partial charge in [0.15, 0.2) is 0 Å². The van der Waals surface area contributed by atoms with Crippen molar-refractivity contribution in [3.8, 4) is 0 Å². The highest BCUT2D eigenvalue weighted by Gasteiger charge is 2.61. The number of hydrogen-bond acceptors (Lipinski definition) is 4. The van der Waals surface area contributed by atoms with Gasteiger partial charge in [0.2, 0.25) is 0 Å². The van der Waals surface area contributed by atoms with E-state index in [-0.39, 0.29) is 17.6 Å². The second-order valence-corrected chi connectivity index (χ2v) is 10.8. The quantitative estimate of drug-likeness (QED) is 0.724. The van der Waals surface area contributed by atoms with Gasteiger partial charge in [0.25, 0.3) is 0 Å². The van der Waals surface area contributed by atoms with E-state index >= 15 is 0 Å². The number of fused-ring (bicyclic) bond motifs is 5. The summed E-state index contributed by atoms with van der Waals surface area (Å²) in [6.45, 7) is 4.62. The maximum atomic E-state index is 11.3. The Morgan fingerprint density at radius 2 is 1.60 bits per heavy atom. The summed E-state index contributed by atoms with van der Waals surface area (Å²) in [6, 6.07) is 0. The van der Waals surface area contributed by atoms with E-state index in [9.17, 15) is 13.5 Å². The Morgan fingerprint density at radius 1 is 0.920 bits per heavy atom. The minimum absolute atomic E-state index is 0.123. The third-order valence-corrected chi connectivity index (χ3v) is 9.26. The molecule has 5 nitrogen and oxygen atoms in total. The lowest BCUT2D eigenvalue weighted by Gasteiger charge is -2.60. The van der Waals surface area contributed by atoms with Gasteiger partial charge in [-0.1, -0.05) is 13.8 Å². The predicted octanol–water partition coefficient (Wildman–Crippen LogP) is 3.58. The summed E-state index contributed by atoms with van der Waals surface area (Å²) in [5.41, 5.74) is 0.180. The molecule has 0 aliphatic heterocycles. The van der Waals surface area contributed by atoms with Crippen LogP contribution in [0, 0.1) is 34.5 Å². The largest absolute Gasteiger partial charge is 0.397 e. The summed E-state index contributed by atoms with van der Waals surface area (Å²) >= 11 is 0. The van der Waals surface area contributed by atoms with Crippen LogP contribution in [0.15, 0.2) is 0 Å². The van der Waals surface area contributed by atoms with Gasteiger partial charge in [-0.2, -0.15) is 8.42 Å². The fourth-order valence-corrected chi connectivity index (χ4v) is 8.10. The van der Waals surface area contributed by atoms with Crippen molar-refractivity contribution in [1.29, 1.82) is 0 Å². The number of rotatable bonds is 2. The minimum Gasteiger partial charge on any atom is -0.393 e. The molecule has 8 atom stereocenters. The summed E-state index contributed by atoms with van der Waals surface area (Å²) in [7, 11) is -4.39. The Kier molecular flexibility index (Phi) is 4.31. The lowest BCUT2D eigenvalue weighted by atomic mass is 9.45. The van der Waals surface area contributed by atoms with Crippen molar-refractivity contribution in [3.63, 3.8) is 0 Å². The fourth-order valence-electron chi connectivity index (χ4n) is 7.49. The molecule has 4 fully saturated rings. The molecule has 144 valence electrons. The Bertz CT molecular complexity index is 634. The van der Waals surface area contributed by atoms with Crippen LogP contribution < -0.4 is 0 Å². The van der Waals surface area contributed by atoms with E-state index in [4.69, 9.17) is 8.74 Å². The van der Waals surface area contributed by atoms with Gasteiger partial charge in [-0.3, -0.25) is 4.55 Å². The standard InChI is InChI=1S/C19H32O5S/c1-18-9-7-13(20)11-12(18)3-4-14-15-5-6-17(24-25(21,22)23)19(15,2)10-8-16(14)18/h12-17,20H,3-11H2,1-2H3,(H,21,22,23)/t12-,13-,14-,15-,16-,17-,18-,19-/m0/s1. The highest BCUT2D eigenvalue weighted by molar-refractivity contribution is 7.80. The van der Waals surface area contributed by atoms with Crippen LogP contribution in [-0.4, -0.2) is 30.3 Å². The van der Waals surface area contributed by atoms with Gasteiger partial charge in [-0.25, -0.2) is 4.18 Å². The lowest BCUT2D eigenvalue weighted by molar-refractivity contribution is -0.131. The fraction of sp³-hybridized carbons (Fsp3) is 1.00. The molecule has 0 aromatic rings. The van der Waals surface area contributed by atoms with Crippen LogP contribution >= 0.6 is 0 Å². The van der Waals surface area contributed by atoms with E-state index in [1.807, 2.05) is 0 Å². The first kappa shape index (κ1) is 18.2. The molecular formula is C19H32O5S. The van der Waals surface area contributed by atoms with Crippen LogP contribution in [0.5, 0.6) is 0 Å². The molecule has 4 rings (SSSR count). The number of hydrogen-bond donors (Lipinski definition) is 2. The van der Waals surface area contributed by atoms with E-state index in [1.165, 1.54) is 12.8 Å². The molecule has 25 heavy (non-hydrogen) atoms. The maximum absolute atomic E-state index is 11.3. The monoisotopic (exact) mass is 372 g/mol. The smallest absolute Gasteiger partial charge is 0.393 e. The lowest BCUT2D eigenvalue weighted by Crippen LogP contribution is -2.54. The highest BCUT2D eigenvalue weighted by atomic mass is 32.3. The van der Waals surface area contributed by atoms with Crippen LogP contribution in [0.3, 0.4) is 0 Å². The van der Waals surface area contributed by atoms with Crippen molar-refractivity contribution in [2.45, 2.75) is 83.8 Å². The molecule has 6 heteroatoms.